The molecule has 2 saturated heterocycles. The van der Waals surface area contributed by atoms with Crippen LogP contribution in [-0.2, 0) is 19.4 Å². The summed E-state index contributed by atoms with van der Waals surface area (Å²) in [6.45, 7) is 5.98. The second-order valence-corrected chi connectivity index (χ2v) is 10.3. The van der Waals surface area contributed by atoms with Gasteiger partial charge in [0.25, 0.3) is 0 Å². The third kappa shape index (κ3) is 4.95. The van der Waals surface area contributed by atoms with Crippen LogP contribution in [0.4, 0.5) is 0 Å². The Bertz CT molecular complexity index is 564. The highest BCUT2D eigenvalue weighted by molar-refractivity contribution is 7.91. The minimum absolute atomic E-state index is 0.107. The number of ether oxygens (including phenoxy) is 1. The molecule has 0 bridgehead atoms. The Morgan fingerprint density at radius 1 is 1.04 bits per heavy atom. The predicted octanol–water partition coefficient (Wildman–Crippen LogP) is 1.44. The van der Waals surface area contributed by atoms with Crippen molar-refractivity contribution in [1.82, 2.24) is 9.80 Å². The molecule has 3 aliphatic rings. The summed E-state index contributed by atoms with van der Waals surface area (Å²) in [5, 5.41) is 0. The van der Waals surface area contributed by atoms with Gasteiger partial charge >= 0.3 is 0 Å². The van der Waals surface area contributed by atoms with Crippen molar-refractivity contribution in [3.63, 3.8) is 0 Å². The van der Waals surface area contributed by atoms with Crippen molar-refractivity contribution < 1.29 is 17.9 Å². The van der Waals surface area contributed by atoms with Crippen LogP contribution in [0.25, 0.3) is 0 Å². The number of carbonyl (C=O) groups is 1. The lowest BCUT2D eigenvalue weighted by atomic mass is 9.92. The van der Waals surface area contributed by atoms with Crippen molar-refractivity contribution in [1.29, 1.82) is 0 Å². The summed E-state index contributed by atoms with van der Waals surface area (Å²) in [5.41, 5.74) is 0. The molecule has 0 aromatic heterocycles. The number of amides is 1. The Labute approximate surface area is 151 Å². The van der Waals surface area contributed by atoms with E-state index < -0.39 is 9.84 Å². The second kappa shape index (κ2) is 7.92. The van der Waals surface area contributed by atoms with E-state index in [0.29, 0.717) is 13.0 Å². The molecule has 1 amide bonds. The third-order valence-electron chi connectivity index (χ3n) is 5.71. The molecule has 7 heteroatoms. The van der Waals surface area contributed by atoms with Crippen molar-refractivity contribution in [3.8, 4) is 0 Å². The molecular weight excluding hydrogens is 340 g/mol. The molecule has 25 heavy (non-hydrogen) atoms. The van der Waals surface area contributed by atoms with Gasteiger partial charge < -0.3 is 9.64 Å². The lowest BCUT2D eigenvalue weighted by Crippen LogP contribution is -2.54. The molecule has 0 spiro atoms. The van der Waals surface area contributed by atoms with Crippen molar-refractivity contribution >= 4 is 15.7 Å². The van der Waals surface area contributed by atoms with Gasteiger partial charge in [0.15, 0.2) is 9.84 Å². The molecule has 2 heterocycles. The second-order valence-electron chi connectivity index (χ2n) is 8.10. The van der Waals surface area contributed by atoms with E-state index in [2.05, 4.69) is 4.90 Å². The monoisotopic (exact) mass is 372 g/mol. The fourth-order valence-corrected chi connectivity index (χ4v) is 6.46. The van der Waals surface area contributed by atoms with Gasteiger partial charge in [-0.2, -0.15) is 0 Å². The van der Waals surface area contributed by atoms with Crippen molar-refractivity contribution in [2.75, 3.05) is 31.1 Å². The summed E-state index contributed by atoms with van der Waals surface area (Å²) in [6, 6.07) is 0.0897. The van der Waals surface area contributed by atoms with Crippen LogP contribution in [0.1, 0.15) is 52.4 Å². The number of hydrogen-bond acceptors (Lipinski definition) is 5. The first kappa shape index (κ1) is 19.1. The van der Waals surface area contributed by atoms with Crippen LogP contribution in [0.2, 0.25) is 0 Å². The van der Waals surface area contributed by atoms with Crippen LogP contribution in [0, 0.1) is 0 Å². The number of hydrogen-bond donors (Lipinski definition) is 0. The summed E-state index contributed by atoms with van der Waals surface area (Å²) in [5.74, 6) is 0.473. The maximum atomic E-state index is 13.2. The lowest BCUT2D eigenvalue weighted by Gasteiger charge is -2.41. The molecule has 0 radical (unpaired) electrons. The molecule has 0 unspecified atom stereocenters. The van der Waals surface area contributed by atoms with Crippen LogP contribution < -0.4 is 0 Å². The van der Waals surface area contributed by atoms with Crippen molar-refractivity contribution in [2.24, 2.45) is 0 Å². The topological polar surface area (TPSA) is 66.9 Å². The number of sulfone groups is 1. The summed E-state index contributed by atoms with van der Waals surface area (Å²) < 4.78 is 29.7. The minimum Gasteiger partial charge on any atom is -0.373 e. The average Bonchev–Trinajstić information content (AvgIpc) is 2.87. The number of morpholine rings is 1. The van der Waals surface area contributed by atoms with Gasteiger partial charge in [-0.15, -0.1) is 0 Å². The lowest BCUT2D eigenvalue weighted by molar-refractivity contribution is -0.141. The Balaban J connectivity index is 1.70. The SMILES string of the molecule is C[C@@H]1CN(CC(=O)N(C2CCCCC2)[C@@H]2CCS(=O)(=O)C2)C[C@@H](C)O1. The van der Waals surface area contributed by atoms with E-state index in [1.54, 1.807) is 0 Å². The zero-order valence-electron chi connectivity index (χ0n) is 15.5. The predicted molar refractivity (Wildman–Crippen MR) is 97.2 cm³/mol. The molecule has 0 aromatic rings. The normalized spacial score (nSPS) is 34.1. The first-order chi connectivity index (χ1) is 11.8. The summed E-state index contributed by atoms with van der Waals surface area (Å²) in [6.07, 6.45) is 6.38. The molecule has 6 nitrogen and oxygen atoms in total. The van der Waals surface area contributed by atoms with E-state index in [1.165, 1.54) is 6.42 Å². The summed E-state index contributed by atoms with van der Waals surface area (Å²) >= 11 is 0. The smallest absolute Gasteiger partial charge is 0.237 e. The largest absolute Gasteiger partial charge is 0.373 e. The summed E-state index contributed by atoms with van der Waals surface area (Å²) in [7, 11) is -2.99. The van der Waals surface area contributed by atoms with Crippen LogP contribution in [0.5, 0.6) is 0 Å². The molecule has 3 atom stereocenters. The maximum Gasteiger partial charge on any atom is 0.237 e. The van der Waals surface area contributed by atoms with Gasteiger partial charge in [0.2, 0.25) is 5.91 Å². The van der Waals surface area contributed by atoms with Gasteiger partial charge in [-0.3, -0.25) is 9.69 Å². The Kier molecular flexibility index (Phi) is 6.06. The minimum atomic E-state index is -2.99. The highest BCUT2D eigenvalue weighted by Gasteiger charge is 2.39. The fourth-order valence-electron chi connectivity index (χ4n) is 4.75. The zero-order chi connectivity index (χ0) is 18.0. The summed E-state index contributed by atoms with van der Waals surface area (Å²) in [4.78, 5) is 17.3. The van der Waals surface area contributed by atoms with E-state index in [0.717, 1.165) is 38.8 Å². The Hall–Kier alpha value is -0.660. The molecule has 3 fully saturated rings. The molecule has 144 valence electrons. The van der Waals surface area contributed by atoms with Crippen LogP contribution in [0.15, 0.2) is 0 Å². The molecule has 2 aliphatic heterocycles. The van der Waals surface area contributed by atoms with Crippen LogP contribution in [0.3, 0.4) is 0 Å². The van der Waals surface area contributed by atoms with E-state index in [4.69, 9.17) is 4.74 Å². The van der Waals surface area contributed by atoms with Crippen molar-refractivity contribution in [2.45, 2.75) is 76.7 Å². The first-order valence-electron chi connectivity index (χ1n) is 9.73. The van der Waals surface area contributed by atoms with Crippen LogP contribution >= 0.6 is 0 Å². The first-order valence-corrected chi connectivity index (χ1v) is 11.6. The van der Waals surface area contributed by atoms with Gasteiger partial charge in [0.1, 0.15) is 0 Å². The van der Waals surface area contributed by atoms with Gasteiger partial charge in [0.05, 0.1) is 30.3 Å². The van der Waals surface area contributed by atoms with E-state index in [-0.39, 0.29) is 41.7 Å². The molecule has 3 rings (SSSR count). The molecule has 1 aliphatic carbocycles. The number of rotatable bonds is 4. The van der Waals surface area contributed by atoms with Crippen molar-refractivity contribution in [3.05, 3.63) is 0 Å². The number of nitrogens with zero attached hydrogens (tertiary/aromatic N) is 2. The van der Waals surface area contributed by atoms with Gasteiger partial charge in [-0.25, -0.2) is 8.42 Å². The molecular formula is C18H32N2O4S. The standard InChI is InChI=1S/C18H32N2O4S/c1-14-10-19(11-15(2)24-14)12-18(21)20(16-6-4-3-5-7-16)17-8-9-25(22,23)13-17/h14-17H,3-13H2,1-2H3/t14-,15-,17-/m1/s1. The molecule has 0 aromatic carbocycles. The van der Waals surface area contributed by atoms with E-state index >= 15 is 0 Å². The highest BCUT2D eigenvalue weighted by Crippen LogP contribution is 2.28. The maximum absolute atomic E-state index is 13.2. The quantitative estimate of drug-likeness (QED) is 0.747. The highest BCUT2D eigenvalue weighted by atomic mass is 32.2. The Morgan fingerprint density at radius 3 is 2.24 bits per heavy atom. The molecule has 0 N–H and O–H groups in total. The fraction of sp³-hybridized carbons (Fsp3) is 0.944. The van der Waals surface area contributed by atoms with Crippen LogP contribution in [-0.4, -0.2) is 79.6 Å². The molecule has 1 saturated carbocycles. The Morgan fingerprint density at radius 2 is 1.68 bits per heavy atom. The zero-order valence-corrected chi connectivity index (χ0v) is 16.3. The van der Waals surface area contributed by atoms with Gasteiger partial charge in [0, 0.05) is 25.2 Å². The van der Waals surface area contributed by atoms with Gasteiger partial charge in [-0.1, -0.05) is 19.3 Å². The van der Waals surface area contributed by atoms with E-state index in [1.807, 2.05) is 18.7 Å². The van der Waals surface area contributed by atoms with Gasteiger partial charge in [-0.05, 0) is 33.1 Å². The average molecular weight is 373 g/mol. The van der Waals surface area contributed by atoms with E-state index in [9.17, 15) is 13.2 Å². The number of carbonyl (C=O) groups excluding carboxylic acids is 1. The third-order valence-corrected chi connectivity index (χ3v) is 7.46.